The number of fused-ring (bicyclic) bond motifs is 2. The predicted molar refractivity (Wildman–Crippen MR) is 114 cm³/mol. The van der Waals surface area contributed by atoms with Crippen molar-refractivity contribution in [3.63, 3.8) is 0 Å². The number of rotatable bonds is 4. The van der Waals surface area contributed by atoms with E-state index in [9.17, 15) is 18.0 Å². The van der Waals surface area contributed by atoms with Crippen LogP contribution in [-0.4, -0.2) is 37.8 Å². The zero-order valence-electron chi connectivity index (χ0n) is 16.2. The quantitative estimate of drug-likeness (QED) is 0.806. The maximum absolute atomic E-state index is 12.9. The van der Waals surface area contributed by atoms with Crippen molar-refractivity contribution in [1.82, 2.24) is 0 Å². The highest BCUT2D eigenvalue weighted by Crippen LogP contribution is 2.37. The molecule has 2 aliphatic heterocycles. The molecule has 2 aromatic rings. The van der Waals surface area contributed by atoms with E-state index in [0.29, 0.717) is 12.2 Å². The van der Waals surface area contributed by atoms with Gasteiger partial charge < -0.3 is 10.2 Å². The van der Waals surface area contributed by atoms with E-state index in [0.717, 1.165) is 22.6 Å². The summed E-state index contributed by atoms with van der Waals surface area (Å²) >= 11 is 1.40. The smallest absolute Gasteiger partial charge is 0.237 e. The van der Waals surface area contributed by atoms with Crippen molar-refractivity contribution < 1.29 is 18.0 Å². The number of nitrogens with one attached hydrogen (secondary N) is 1. The molecule has 2 heterocycles. The summed E-state index contributed by atoms with van der Waals surface area (Å²) in [5.41, 5.74) is 2.48. The fourth-order valence-electron chi connectivity index (χ4n) is 3.71. The molecular weight excluding hydrogens is 408 g/mol. The van der Waals surface area contributed by atoms with Crippen LogP contribution in [0.1, 0.15) is 19.4 Å². The van der Waals surface area contributed by atoms with Crippen LogP contribution in [-0.2, 0) is 25.8 Å². The Labute approximate surface area is 174 Å². The molecule has 29 heavy (non-hydrogen) atoms. The standard InChI is InChI=1S/C21H22N2O4S2/c1-13(21(25)23-10-9-15-5-3-4-6-18(15)23)12-29(26,27)16-7-8-19-17(11-16)22-20(24)14(2)28-19/h3-8,11,13-14H,9-10,12H2,1-2H3,(H,22,24)/t13-,14-/m1/s1. The molecule has 2 aromatic carbocycles. The maximum atomic E-state index is 12.9. The minimum Gasteiger partial charge on any atom is -0.324 e. The van der Waals surface area contributed by atoms with E-state index < -0.39 is 15.8 Å². The second-order valence-corrected chi connectivity index (χ2v) is 10.9. The number of hydrogen-bond donors (Lipinski definition) is 1. The predicted octanol–water partition coefficient (Wildman–Crippen LogP) is 3.12. The third kappa shape index (κ3) is 3.79. The SMILES string of the molecule is C[C@H](CS(=O)(=O)c1ccc2c(c1)NC(=O)[C@@H](C)S2)C(=O)N1CCc2ccccc21. The second kappa shape index (κ2) is 7.50. The van der Waals surface area contributed by atoms with Crippen LogP contribution in [0.15, 0.2) is 52.3 Å². The molecule has 0 aromatic heterocycles. The zero-order chi connectivity index (χ0) is 20.8. The van der Waals surface area contributed by atoms with E-state index in [-0.39, 0.29) is 27.7 Å². The van der Waals surface area contributed by atoms with Crippen molar-refractivity contribution in [3.05, 3.63) is 48.0 Å². The first-order chi connectivity index (χ1) is 13.8. The Balaban J connectivity index is 1.52. The van der Waals surface area contributed by atoms with Crippen LogP contribution >= 0.6 is 11.8 Å². The average Bonchev–Trinajstić information content (AvgIpc) is 3.11. The number of hydrogen-bond acceptors (Lipinski definition) is 5. The summed E-state index contributed by atoms with van der Waals surface area (Å²) in [5, 5.41) is 2.54. The normalized spacial score (nSPS) is 19.3. The third-order valence-corrected chi connectivity index (χ3v) is 8.37. The number of sulfone groups is 1. The minimum atomic E-state index is -3.68. The van der Waals surface area contributed by atoms with Crippen molar-refractivity contribution in [2.75, 3.05) is 22.5 Å². The molecule has 2 aliphatic rings. The lowest BCUT2D eigenvalue weighted by molar-refractivity contribution is -0.121. The first-order valence-electron chi connectivity index (χ1n) is 9.50. The molecule has 6 nitrogen and oxygen atoms in total. The lowest BCUT2D eigenvalue weighted by Crippen LogP contribution is -2.36. The molecule has 4 rings (SSSR count). The van der Waals surface area contributed by atoms with Gasteiger partial charge in [0.15, 0.2) is 9.84 Å². The Kier molecular flexibility index (Phi) is 5.16. The number of nitrogens with zero attached hydrogens (tertiary/aromatic N) is 1. The van der Waals surface area contributed by atoms with Crippen LogP contribution in [0, 0.1) is 5.92 Å². The molecule has 0 unspecified atom stereocenters. The van der Waals surface area contributed by atoms with Crippen LogP contribution < -0.4 is 10.2 Å². The third-order valence-electron chi connectivity index (χ3n) is 5.29. The van der Waals surface area contributed by atoms with E-state index in [2.05, 4.69) is 5.32 Å². The highest BCUT2D eigenvalue weighted by Gasteiger charge is 2.32. The van der Waals surface area contributed by atoms with Gasteiger partial charge in [-0.15, -0.1) is 11.8 Å². The lowest BCUT2D eigenvalue weighted by Gasteiger charge is -2.23. The average molecular weight is 431 g/mol. The first kappa shape index (κ1) is 20.0. The molecule has 8 heteroatoms. The monoisotopic (exact) mass is 430 g/mol. The molecule has 0 fully saturated rings. The van der Waals surface area contributed by atoms with Gasteiger partial charge in [0.05, 0.1) is 21.6 Å². The van der Waals surface area contributed by atoms with Gasteiger partial charge in [-0.1, -0.05) is 25.1 Å². The second-order valence-electron chi connectivity index (χ2n) is 7.46. The van der Waals surface area contributed by atoms with Crippen molar-refractivity contribution in [2.45, 2.75) is 35.3 Å². The van der Waals surface area contributed by atoms with Gasteiger partial charge in [0.1, 0.15) is 0 Å². The van der Waals surface area contributed by atoms with Gasteiger partial charge in [0.2, 0.25) is 11.8 Å². The van der Waals surface area contributed by atoms with Crippen molar-refractivity contribution >= 4 is 44.8 Å². The largest absolute Gasteiger partial charge is 0.324 e. The van der Waals surface area contributed by atoms with Crippen LogP contribution in [0.5, 0.6) is 0 Å². The van der Waals surface area contributed by atoms with E-state index in [1.165, 1.54) is 17.8 Å². The summed E-state index contributed by atoms with van der Waals surface area (Å²) in [6.45, 7) is 4.03. The first-order valence-corrected chi connectivity index (χ1v) is 12.0. The number of para-hydroxylation sites is 1. The van der Waals surface area contributed by atoms with Crippen molar-refractivity contribution in [3.8, 4) is 0 Å². The van der Waals surface area contributed by atoms with Gasteiger partial charge in [-0.2, -0.15) is 0 Å². The molecule has 0 radical (unpaired) electrons. The molecule has 1 N–H and O–H groups in total. The zero-order valence-corrected chi connectivity index (χ0v) is 17.8. The number of benzene rings is 2. The fourth-order valence-corrected chi connectivity index (χ4v) is 6.21. The van der Waals surface area contributed by atoms with Gasteiger partial charge >= 0.3 is 0 Å². The van der Waals surface area contributed by atoms with Gasteiger partial charge in [-0.25, -0.2) is 8.42 Å². The Bertz CT molecular complexity index is 1100. The fraction of sp³-hybridized carbons (Fsp3) is 0.333. The summed E-state index contributed by atoms with van der Waals surface area (Å²) in [7, 11) is -3.68. The molecule has 0 bridgehead atoms. The summed E-state index contributed by atoms with van der Waals surface area (Å²) < 4.78 is 25.9. The van der Waals surface area contributed by atoms with Gasteiger partial charge in [-0.05, 0) is 43.2 Å². The maximum Gasteiger partial charge on any atom is 0.237 e. The molecular formula is C21H22N2O4S2. The number of amides is 2. The van der Waals surface area contributed by atoms with E-state index >= 15 is 0 Å². The molecule has 2 amide bonds. The van der Waals surface area contributed by atoms with Gasteiger partial charge in [0.25, 0.3) is 0 Å². The molecule has 0 saturated carbocycles. The Hall–Kier alpha value is -2.32. The van der Waals surface area contributed by atoms with Crippen LogP contribution in [0.2, 0.25) is 0 Å². The summed E-state index contributed by atoms with van der Waals surface area (Å²) in [6.07, 6.45) is 0.780. The molecule has 2 atom stereocenters. The molecule has 152 valence electrons. The molecule has 0 aliphatic carbocycles. The number of carbonyl (C=O) groups excluding carboxylic acids is 2. The lowest BCUT2D eigenvalue weighted by atomic mass is 10.1. The Morgan fingerprint density at radius 1 is 1.28 bits per heavy atom. The number of anilines is 2. The summed E-state index contributed by atoms with van der Waals surface area (Å²) in [4.78, 5) is 27.5. The summed E-state index contributed by atoms with van der Waals surface area (Å²) in [6, 6.07) is 12.5. The summed E-state index contributed by atoms with van der Waals surface area (Å²) in [5.74, 6) is -1.28. The highest BCUT2D eigenvalue weighted by molar-refractivity contribution is 8.01. The Morgan fingerprint density at radius 3 is 2.83 bits per heavy atom. The van der Waals surface area contributed by atoms with E-state index in [1.807, 2.05) is 24.3 Å². The molecule has 0 saturated heterocycles. The van der Waals surface area contributed by atoms with Gasteiger partial charge in [0, 0.05) is 23.0 Å². The van der Waals surface area contributed by atoms with Crippen molar-refractivity contribution in [1.29, 1.82) is 0 Å². The van der Waals surface area contributed by atoms with E-state index in [1.54, 1.807) is 30.9 Å². The van der Waals surface area contributed by atoms with Crippen molar-refractivity contribution in [2.24, 2.45) is 5.92 Å². The number of thioether (sulfide) groups is 1. The topological polar surface area (TPSA) is 83.5 Å². The van der Waals surface area contributed by atoms with Crippen LogP contribution in [0.25, 0.3) is 0 Å². The van der Waals surface area contributed by atoms with Gasteiger partial charge in [-0.3, -0.25) is 9.59 Å². The highest BCUT2D eigenvalue weighted by atomic mass is 32.2. The molecule has 0 spiro atoms. The van der Waals surface area contributed by atoms with Crippen LogP contribution in [0.4, 0.5) is 11.4 Å². The minimum absolute atomic E-state index is 0.119. The van der Waals surface area contributed by atoms with Crippen LogP contribution in [0.3, 0.4) is 0 Å². The van der Waals surface area contributed by atoms with E-state index in [4.69, 9.17) is 0 Å². The number of carbonyl (C=O) groups is 2. The Morgan fingerprint density at radius 2 is 2.03 bits per heavy atom.